The second-order valence-corrected chi connectivity index (χ2v) is 4.26. The topological polar surface area (TPSA) is 104 Å². The minimum absolute atomic E-state index is 0.140. The van der Waals surface area contributed by atoms with E-state index >= 15 is 0 Å². The van der Waals surface area contributed by atoms with Crippen molar-refractivity contribution in [1.82, 2.24) is 9.47 Å². The number of hydrogen-bond donors (Lipinski definition) is 2. The number of aromatic nitrogens is 1. The fourth-order valence-electron chi connectivity index (χ4n) is 2.03. The van der Waals surface area contributed by atoms with Gasteiger partial charge in [0.25, 0.3) is 5.91 Å². The molecule has 0 radical (unpaired) electrons. The molecule has 2 heterocycles. The van der Waals surface area contributed by atoms with E-state index in [1.165, 1.54) is 4.90 Å². The monoisotopic (exact) mass is 252 g/mol. The Kier molecular flexibility index (Phi) is 3.24. The lowest BCUT2D eigenvalue weighted by atomic mass is 10.2. The van der Waals surface area contributed by atoms with Crippen LogP contribution in [-0.4, -0.2) is 47.1 Å². The van der Waals surface area contributed by atoms with Gasteiger partial charge in [-0.1, -0.05) is 0 Å². The Morgan fingerprint density at radius 3 is 2.78 bits per heavy atom. The van der Waals surface area contributed by atoms with Crippen LogP contribution in [0.4, 0.5) is 5.69 Å². The second-order valence-electron chi connectivity index (χ2n) is 4.26. The van der Waals surface area contributed by atoms with Crippen molar-refractivity contribution in [2.75, 3.05) is 25.5 Å². The predicted octanol–water partition coefficient (Wildman–Crippen LogP) is -1.07. The summed E-state index contributed by atoms with van der Waals surface area (Å²) in [7, 11) is 1.73. The SMILES string of the molecule is Cn1cc(N)cc1C(=O)N1CCOCC1C(N)=O. The van der Waals surface area contributed by atoms with Gasteiger partial charge in [-0.3, -0.25) is 9.59 Å². The molecule has 1 atom stereocenters. The molecule has 4 N–H and O–H groups in total. The lowest BCUT2D eigenvalue weighted by Gasteiger charge is -2.33. The number of rotatable bonds is 2. The van der Waals surface area contributed by atoms with Crippen molar-refractivity contribution in [3.05, 3.63) is 18.0 Å². The minimum atomic E-state index is -0.720. The van der Waals surface area contributed by atoms with Crippen LogP contribution in [0.25, 0.3) is 0 Å². The molecule has 0 aliphatic carbocycles. The normalized spacial score (nSPS) is 19.8. The summed E-state index contributed by atoms with van der Waals surface area (Å²) in [5, 5.41) is 0. The van der Waals surface area contributed by atoms with E-state index in [1.54, 1.807) is 23.9 Å². The Labute approximate surface area is 104 Å². The summed E-state index contributed by atoms with van der Waals surface area (Å²) in [6.45, 7) is 0.883. The van der Waals surface area contributed by atoms with Gasteiger partial charge in [0.1, 0.15) is 11.7 Å². The first-order chi connectivity index (χ1) is 8.50. The van der Waals surface area contributed by atoms with Crippen molar-refractivity contribution in [3.8, 4) is 0 Å². The number of hydrogen-bond acceptors (Lipinski definition) is 4. The number of nitrogens with two attached hydrogens (primary N) is 2. The molecular weight excluding hydrogens is 236 g/mol. The number of nitrogen functional groups attached to an aromatic ring is 1. The number of primary amides is 1. The quantitative estimate of drug-likeness (QED) is 0.699. The van der Waals surface area contributed by atoms with Crippen molar-refractivity contribution in [2.45, 2.75) is 6.04 Å². The van der Waals surface area contributed by atoms with Crippen LogP contribution in [0.5, 0.6) is 0 Å². The number of amides is 2. The van der Waals surface area contributed by atoms with E-state index in [1.807, 2.05) is 0 Å². The van der Waals surface area contributed by atoms with Crippen LogP contribution in [-0.2, 0) is 16.6 Å². The highest BCUT2D eigenvalue weighted by Gasteiger charge is 2.32. The van der Waals surface area contributed by atoms with E-state index in [2.05, 4.69) is 0 Å². The highest BCUT2D eigenvalue weighted by atomic mass is 16.5. The molecule has 0 saturated carbocycles. The maximum atomic E-state index is 12.3. The van der Waals surface area contributed by atoms with Crippen molar-refractivity contribution >= 4 is 17.5 Å². The molecule has 1 aliphatic heterocycles. The molecule has 18 heavy (non-hydrogen) atoms. The van der Waals surface area contributed by atoms with Crippen LogP contribution in [0, 0.1) is 0 Å². The number of aryl methyl sites for hydroxylation is 1. The van der Waals surface area contributed by atoms with Crippen LogP contribution < -0.4 is 11.5 Å². The molecule has 1 aliphatic rings. The van der Waals surface area contributed by atoms with Crippen LogP contribution in [0.3, 0.4) is 0 Å². The zero-order valence-corrected chi connectivity index (χ0v) is 10.1. The van der Waals surface area contributed by atoms with E-state index in [-0.39, 0.29) is 12.5 Å². The van der Waals surface area contributed by atoms with Gasteiger partial charge < -0.3 is 25.7 Å². The first-order valence-corrected chi connectivity index (χ1v) is 5.60. The second kappa shape index (κ2) is 4.69. The summed E-state index contributed by atoms with van der Waals surface area (Å²) in [5.41, 5.74) is 11.8. The molecule has 0 bridgehead atoms. The molecule has 1 aromatic heterocycles. The van der Waals surface area contributed by atoms with Crippen molar-refractivity contribution in [3.63, 3.8) is 0 Å². The smallest absolute Gasteiger partial charge is 0.271 e. The van der Waals surface area contributed by atoms with Gasteiger partial charge in [-0.05, 0) is 6.07 Å². The highest BCUT2D eigenvalue weighted by Crippen LogP contribution is 2.15. The third kappa shape index (κ3) is 2.17. The first kappa shape index (κ1) is 12.4. The van der Waals surface area contributed by atoms with Gasteiger partial charge in [0.05, 0.1) is 18.9 Å². The number of ether oxygens (including phenoxy) is 1. The van der Waals surface area contributed by atoms with Crippen molar-refractivity contribution < 1.29 is 14.3 Å². The minimum Gasteiger partial charge on any atom is -0.397 e. The fraction of sp³-hybridized carbons (Fsp3) is 0.455. The number of anilines is 1. The number of carbonyl (C=O) groups excluding carboxylic acids is 2. The highest BCUT2D eigenvalue weighted by molar-refractivity contribution is 5.97. The van der Waals surface area contributed by atoms with Gasteiger partial charge in [0, 0.05) is 19.8 Å². The largest absolute Gasteiger partial charge is 0.397 e. The predicted molar refractivity (Wildman–Crippen MR) is 64.7 cm³/mol. The standard InChI is InChI=1S/C11H16N4O3/c1-14-5-7(12)4-8(14)11(17)15-2-3-18-6-9(15)10(13)16/h4-5,9H,2-3,6,12H2,1H3,(H2,13,16). The van der Waals surface area contributed by atoms with Gasteiger partial charge in [0.2, 0.25) is 5.91 Å². The lowest BCUT2D eigenvalue weighted by molar-refractivity contribution is -0.127. The Morgan fingerprint density at radius 1 is 1.50 bits per heavy atom. The molecule has 0 aromatic carbocycles. The van der Waals surface area contributed by atoms with E-state index < -0.39 is 11.9 Å². The Bertz CT molecular complexity index is 483. The zero-order valence-electron chi connectivity index (χ0n) is 10.1. The summed E-state index contributed by atoms with van der Waals surface area (Å²) in [4.78, 5) is 25.1. The van der Waals surface area contributed by atoms with E-state index in [0.29, 0.717) is 24.5 Å². The number of nitrogens with zero attached hydrogens (tertiary/aromatic N) is 2. The molecule has 1 fully saturated rings. The molecule has 98 valence electrons. The molecule has 7 heteroatoms. The van der Waals surface area contributed by atoms with Gasteiger partial charge in [-0.25, -0.2) is 0 Å². The van der Waals surface area contributed by atoms with Gasteiger partial charge >= 0.3 is 0 Å². The van der Waals surface area contributed by atoms with Crippen LogP contribution in [0.2, 0.25) is 0 Å². The molecule has 7 nitrogen and oxygen atoms in total. The van der Waals surface area contributed by atoms with Gasteiger partial charge in [-0.15, -0.1) is 0 Å². The van der Waals surface area contributed by atoms with E-state index in [9.17, 15) is 9.59 Å². The third-order valence-corrected chi connectivity index (χ3v) is 2.96. The van der Waals surface area contributed by atoms with E-state index in [0.717, 1.165) is 0 Å². The third-order valence-electron chi connectivity index (χ3n) is 2.96. The van der Waals surface area contributed by atoms with Crippen molar-refractivity contribution in [1.29, 1.82) is 0 Å². The maximum absolute atomic E-state index is 12.3. The fourth-order valence-corrected chi connectivity index (χ4v) is 2.03. The van der Waals surface area contributed by atoms with E-state index in [4.69, 9.17) is 16.2 Å². The summed E-state index contributed by atoms with van der Waals surface area (Å²) >= 11 is 0. The zero-order chi connectivity index (χ0) is 13.3. The molecule has 1 aromatic rings. The maximum Gasteiger partial charge on any atom is 0.271 e. The summed E-state index contributed by atoms with van der Waals surface area (Å²) < 4.78 is 6.80. The van der Waals surface area contributed by atoms with Gasteiger partial charge in [0.15, 0.2) is 0 Å². The summed E-state index contributed by atoms with van der Waals surface area (Å²) in [6, 6.07) is 0.859. The van der Waals surface area contributed by atoms with Crippen LogP contribution in [0.1, 0.15) is 10.5 Å². The summed E-state index contributed by atoms with van der Waals surface area (Å²) in [5.74, 6) is -0.827. The average molecular weight is 252 g/mol. The molecular formula is C11H16N4O3. The first-order valence-electron chi connectivity index (χ1n) is 5.60. The Balaban J connectivity index is 2.26. The lowest BCUT2D eigenvalue weighted by Crippen LogP contribution is -2.55. The number of carbonyl (C=O) groups is 2. The Morgan fingerprint density at radius 2 is 2.22 bits per heavy atom. The molecule has 2 amide bonds. The molecule has 1 unspecified atom stereocenters. The Hall–Kier alpha value is -2.02. The summed E-state index contributed by atoms with van der Waals surface area (Å²) in [6.07, 6.45) is 1.65. The average Bonchev–Trinajstić information content (AvgIpc) is 2.67. The molecule has 1 saturated heterocycles. The number of morpholine rings is 1. The van der Waals surface area contributed by atoms with Crippen molar-refractivity contribution in [2.24, 2.45) is 12.8 Å². The van der Waals surface area contributed by atoms with Crippen LogP contribution in [0.15, 0.2) is 12.3 Å². The van der Waals surface area contributed by atoms with Crippen LogP contribution >= 0.6 is 0 Å². The molecule has 0 spiro atoms. The molecule has 2 rings (SSSR count). The van der Waals surface area contributed by atoms with Gasteiger partial charge in [-0.2, -0.15) is 0 Å².